The summed E-state index contributed by atoms with van der Waals surface area (Å²) in [6, 6.07) is 2.22. The lowest BCUT2D eigenvalue weighted by atomic mass is 10.0. The molecule has 1 aromatic heterocycles. The highest BCUT2D eigenvalue weighted by molar-refractivity contribution is 5.94. The summed E-state index contributed by atoms with van der Waals surface area (Å²) in [6.07, 6.45) is -10.1. The van der Waals surface area contributed by atoms with E-state index < -0.39 is 40.5 Å². The third-order valence-electron chi connectivity index (χ3n) is 3.77. The van der Waals surface area contributed by atoms with Crippen LogP contribution < -0.4 is 10.9 Å². The third-order valence-corrected chi connectivity index (χ3v) is 3.77. The molecule has 2 N–H and O–H groups in total. The molecule has 0 aliphatic rings. The minimum atomic E-state index is -5.05. The van der Waals surface area contributed by atoms with E-state index in [0.717, 1.165) is 0 Å². The monoisotopic (exact) mass is 392 g/mol. The summed E-state index contributed by atoms with van der Waals surface area (Å²) >= 11 is 0. The summed E-state index contributed by atoms with van der Waals surface area (Å²) < 4.78 is 77.1. The van der Waals surface area contributed by atoms with Crippen molar-refractivity contribution < 1.29 is 31.1 Å². The second-order valence-electron chi connectivity index (χ2n) is 5.92. The minimum Gasteiger partial charge on any atom is -0.348 e. The maximum absolute atomic E-state index is 12.8. The van der Waals surface area contributed by atoms with Crippen molar-refractivity contribution in [2.45, 2.75) is 32.7 Å². The Kier molecular flexibility index (Phi) is 5.39. The molecule has 2 aromatic rings. The van der Waals surface area contributed by atoms with Crippen LogP contribution in [-0.4, -0.2) is 10.9 Å². The number of pyridine rings is 1. The molecule has 27 heavy (non-hydrogen) atoms. The zero-order valence-electron chi connectivity index (χ0n) is 14.1. The van der Waals surface area contributed by atoms with Gasteiger partial charge in [-0.25, -0.2) is 0 Å². The number of hydrogen-bond donors (Lipinski definition) is 2. The smallest absolute Gasteiger partial charge is 0.348 e. The lowest BCUT2D eigenvalue weighted by Gasteiger charge is -2.14. The predicted molar refractivity (Wildman–Crippen MR) is 84.2 cm³/mol. The van der Waals surface area contributed by atoms with Crippen LogP contribution in [0, 0.1) is 13.8 Å². The van der Waals surface area contributed by atoms with E-state index in [1.54, 1.807) is 19.9 Å². The molecular weight excluding hydrogens is 378 g/mol. The highest BCUT2D eigenvalue weighted by Crippen LogP contribution is 2.36. The molecule has 0 aliphatic heterocycles. The highest BCUT2D eigenvalue weighted by atomic mass is 19.4. The Hall–Kier alpha value is -2.78. The van der Waals surface area contributed by atoms with Crippen LogP contribution >= 0.6 is 0 Å². The lowest BCUT2D eigenvalue weighted by molar-refractivity contribution is -0.143. The van der Waals surface area contributed by atoms with Crippen molar-refractivity contribution in [2.75, 3.05) is 0 Å². The van der Waals surface area contributed by atoms with Gasteiger partial charge in [0.25, 0.3) is 11.5 Å². The van der Waals surface area contributed by atoms with Crippen molar-refractivity contribution in [3.63, 3.8) is 0 Å². The van der Waals surface area contributed by atoms with Crippen LogP contribution in [0.5, 0.6) is 0 Å². The van der Waals surface area contributed by atoms with Crippen molar-refractivity contribution in [1.82, 2.24) is 10.3 Å². The van der Waals surface area contributed by atoms with E-state index in [1.165, 1.54) is 0 Å². The van der Waals surface area contributed by atoms with E-state index in [0.29, 0.717) is 23.4 Å². The first-order valence-corrected chi connectivity index (χ1v) is 7.56. The zero-order chi connectivity index (χ0) is 20.6. The molecule has 4 nitrogen and oxygen atoms in total. The van der Waals surface area contributed by atoms with Gasteiger partial charge in [-0.15, -0.1) is 0 Å². The number of benzene rings is 1. The predicted octanol–water partition coefficient (Wildman–Crippen LogP) is 3.96. The van der Waals surface area contributed by atoms with Crippen LogP contribution in [0.3, 0.4) is 0 Å². The fraction of sp³-hybridized carbons (Fsp3) is 0.294. The van der Waals surface area contributed by atoms with Gasteiger partial charge in [0.05, 0.1) is 11.1 Å². The van der Waals surface area contributed by atoms with E-state index in [1.807, 2.05) is 0 Å². The molecule has 0 radical (unpaired) electrons. The fourth-order valence-corrected chi connectivity index (χ4v) is 2.46. The second-order valence-corrected chi connectivity index (χ2v) is 5.92. The van der Waals surface area contributed by atoms with Crippen molar-refractivity contribution >= 4 is 5.91 Å². The molecule has 0 fully saturated rings. The topological polar surface area (TPSA) is 62.0 Å². The maximum Gasteiger partial charge on any atom is 0.416 e. The largest absolute Gasteiger partial charge is 0.416 e. The van der Waals surface area contributed by atoms with Crippen molar-refractivity contribution in [3.05, 3.63) is 68.1 Å². The molecule has 0 spiro atoms. The van der Waals surface area contributed by atoms with E-state index in [9.17, 15) is 35.9 Å². The number of hydrogen-bond acceptors (Lipinski definition) is 2. The van der Waals surface area contributed by atoms with Gasteiger partial charge in [0.1, 0.15) is 0 Å². The average molecular weight is 392 g/mol. The van der Waals surface area contributed by atoms with Crippen LogP contribution in [0.4, 0.5) is 26.3 Å². The van der Waals surface area contributed by atoms with Crippen LogP contribution in [0.2, 0.25) is 0 Å². The first kappa shape index (κ1) is 20.5. The summed E-state index contributed by atoms with van der Waals surface area (Å²) in [5.74, 6) is -1.16. The van der Waals surface area contributed by atoms with E-state index >= 15 is 0 Å². The zero-order valence-corrected chi connectivity index (χ0v) is 14.1. The van der Waals surface area contributed by atoms with E-state index in [-0.39, 0.29) is 18.2 Å². The molecule has 10 heteroatoms. The summed E-state index contributed by atoms with van der Waals surface area (Å²) in [7, 11) is 0. The number of aromatic nitrogens is 1. The Morgan fingerprint density at radius 3 is 1.93 bits per heavy atom. The van der Waals surface area contributed by atoms with Crippen LogP contribution in [0.15, 0.2) is 29.1 Å². The van der Waals surface area contributed by atoms with Crippen molar-refractivity contribution in [1.29, 1.82) is 0 Å². The number of aromatic amines is 1. The van der Waals surface area contributed by atoms with Crippen molar-refractivity contribution in [2.24, 2.45) is 0 Å². The van der Waals surface area contributed by atoms with Gasteiger partial charge in [0, 0.05) is 23.4 Å². The molecule has 0 saturated heterocycles. The van der Waals surface area contributed by atoms with Gasteiger partial charge in [0.15, 0.2) is 0 Å². The molecule has 0 saturated carbocycles. The van der Waals surface area contributed by atoms with Crippen LogP contribution in [0.25, 0.3) is 0 Å². The number of aryl methyl sites for hydroxylation is 2. The molecule has 0 atom stereocenters. The Bertz CT molecular complexity index is 896. The molecule has 1 amide bonds. The maximum atomic E-state index is 12.8. The molecule has 1 heterocycles. The van der Waals surface area contributed by atoms with Crippen LogP contribution in [-0.2, 0) is 18.9 Å². The molecule has 146 valence electrons. The summed E-state index contributed by atoms with van der Waals surface area (Å²) in [5.41, 5.74) is -3.25. The molecular formula is C17H14F6N2O2. The van der Waals surface area contributed by atoms with Gasteiger partial charge in [-0.1, -0.05) is 0 Å². The Labute approximate surface area is 149 Å². The van der Waals surface area contributed by atoms with Gasteiger partial charge in [-0.2, -0.15) is 26.3 Å². The van der Waals surface area contributed by atoms with Gasteiger partial charge in [-0.05, 0) is 43.7 Å². The van der Waals surface area contributed by atoms with Gasteiger partial charge in [0.2, 0.25) is 0 Å². The second kappa shape index (κ2) is 7.09. The number of rotatable bonds is 3. The normalized spacial score (nSPS) is 12.1. The molecule has 0 aliphatic carbocycles. The number of halogens is 6. The lowest BCUT2D eigenvalue weighted by Crippen LogP contribution is -2.28. The highest BCUT2D eigenvalue weighted by Gasteiger charge is 2.37. The SMILES string of the molecule is Cc1cc(C)c(CNC(=O)c2cc(C(F)(F)F)cc(C(F)(F)F)c2)c(=O)[nH]1. The number of alkyl halides is 6. The Morgan fingerprint density at radius 2 is 1.48 bits per heavy atom. The number of carbonyl (C=O) groups excluding carboxylic acids is 1. The van der Waals surface area contributed by atoms with Crippen LogP contribution in [0.1, 0.15) is 38.3 Å². The van der Waals surface area contributed by atoms with Gasteiger partial charge >= 0.3 is 12.4 Å². The fourth-order valence-electron chi connectivity index (χ4n) is 2.46. The third kappa shape index (κ3) is 4.89. The standard InChI is InChI=1S/C17H14F6N2O2/c1-8-3-9(2)25-15(27)13(8)7-24-14(26)10-4-11(16(18,19)20)6-12(5-10)17(21,22)23/h3-6H,7H2,1-2H3,(H,24,26)(H,25,27). The summed E-state index contributed by atoms with van der Waals surface area (Å²) in [4.78, 5) is 26.5. The quantitative estimate of drug-likeness (QED) is 0.777. The number of amides is 1. The molecule has 1 aromatic carbocycles. The minimum absolute atomic E-state index is 0.0639. The Balaban J connectivity index is 2.35. The summed E-state index contributed by atoms with van der Waals surface area (Å²) in [6.45, 7) is 2.88. The Morgan fingerprint density at radius 1 is 0.963 bits per heavy atom. The van der Waals surface area contributed by atoms with E-state index in [2.05, 4.69) is 10.3 Å². The van der Waals surface area contributed by atoms with E-state index in [4.69, 9.17) is 0 Å². The summed E-state index contributed by atoms with van der Waals surface area (Å²) in [5, 5.41) is 2.18. The molecule has 2 rings (SSSR count). The first-order chi connectivity index (χ1) is 12.3. The first-order valence-electron chi connectivity index (χ1n) is 7.56. The molecule has 0 bridgehead atoms. The number of carbonyl (C=O) groups is 1. The number of nitrogens with one attached hydrogen (secondary N) is 2. The van der Waals surface area contributed by atoms with Gasteiger partial charge < -0.3 is 10.3 Å². The molecule has 0 unspecified atom stereocenters. The van der Waals surface area contributed by atoms with Crippen molar-refractivity contribution in [3.8, 4) is 0 Å². The average Bonchev–Trinajstić information content (AvgIpc) is 2.51. The number of H-pyrrole nitrogens is 1. The van der Waals surface area contributed by atoms with Gasteiger partial charge in [-0.3, -0.25) is 9.59 Å².